The maximum Gasteiger partial charge on any atom is 0.257 e. The Balaban J connectivity index is 1.74. The van der Waals surface area contributed by atoms with Gasteiger partial charge >= 0.3 is 0 Å². The van der Waals surface area contributed by atoms with Crippen LogP contribution in [0.15, 0.2) is 47.8 Å². The fourth-order valence-corrected chi connectivity index (χ4v) is 4.24. The predicted molar refractivity (Wildman–Crippen MR) is 108 cm³/mol. The first-order valence-electron chi connectivity index (χ1n) is 9.22. The van der Waals surface area contributed by atoms with Gasteiger partial charge < -0.3 is 9.80 Å². The fourth-order valence-electron chi connectivity index (χ4n) is 3.52. The molecule has 26 heavy (non-hydrogen) atoms. The highest BCUT2D eigenvalue weighted by atomic mass is 32.1. The van der Waals surface area contributed by atoms with Gasteiger partial charge in [0.05, 0.1) is 17.6 Å². The highest BCUT2D eigenvalue weighted by molar-refractivity contribution is 7.09. The van der Waals surface area contributed by atoms with Gasteiger partial charge in [-0.25, -0.2) is 4.98 Å². The predicted octanol–water partition coefficient (Wildman–Crippen LogP) is 4.56. The van der Waals surface area contributed by atoms with Gasteiger partial charge in [-0.05, 0) is 43.3 Å². The summed E-state index contributed by atoms with van der Waals surface area (Å²) in [5, 5.41) is 3.08. The number of hydrogen-bond acceptors (Lipinski definition) is 4. The van der Waals surface area contributed by atoms with Gasteiger partial charge in [-0.3, -0.25) is 4.79 Å². The number of benzene rings is 1. The van der Waals surface area contributed by atoms with Crippen LogP contribution in [0.1, 0.15) is 35.0 Å². The smallest absolute Gasteiger partial charge is 0.257 e. The Hall–Kier alpha value is -2.40. The van der Waals surface area contributed by atoms with Crippen LogP contribution in [-0.4, -0.2) is 35.4 Å². The van der Waals surface area contributed by atoms with E-state index in [0.717, 1.165) is 48.2 Å². The van der Waals surface area contributed by atoms with Gasteiger partial charge in [-0.1, -0.05) is 24.3 Å². The van der Waals surface area contributed by atoms with Crippen molar-refractivity contribution in [1.82, 2.24) is 9.88 Å². The quantitative estimate of drug-likeness (QED) is 0.665. The zero-order chi connectivity index (χ0) is 17.9. The summed E-state index contributed by atoms with van der Waals surface area (Å²) in [6, 6.07) is 14.2. The molecule has 0 bridgehead atoms. The van der Waals surface area contributed by atoms with Gasteiger partial charge in [0.1, 0.15) is 5.82 Å². The lowest BCUT2D eigenvalue weighted by molar-refractivity contribution is 0.0754. The van der Waals surface area contributed by atoms with E-state index in [2.05, 4.69) is 16.3 Å². The molecule has 1 saturated heterocycles. The number of para-hydroxylation sites is 1. The molecule has 0 spiro atoms. The first-order chi connectivity index (χ1) is 12.8. The zero-order valence-electron chi connectivity index (χ0n) is 15.0. The molecule has 0 saturated carbocycles. The third kappa shape index (κ3) is 3.31. The molecule has 1 aliphatic rings. The molecule has 1 amide bonds. The van der Waals surface area contributed by atoms with Crippen molar-refractivity contribution in [2.75, 3.05) is 24.5 Å². The Labute approximate surface area is 158 Å². The van der Waals surface area contributed by atoms with Crippen molar-refractivity contribution < 1.29 is 4.79 Å². The number of nitrogens with zero attached hydrogens (tertiary/aromatic N) is 3. The Bertz CT molecular complexity index is 901. The molecule has 5 heteroatoms. The van der Waals surface area contributed by atoms with Gasteiger partial charge in [0, 0.05) is 29.9 Å². The molecule has 2 aromatic heterocycles. The van der Waals surface area contributed by atoms with E-state index >= 15 is 0 Å². The minimum atomic E-state index is 0.0704. The number of thiophene rings is 1. The van der Waals surface area contributed by atoms with Crippen molar-refractivity contribution in [3.63, 3.8) is 0 Å². The van der Waals surface area contributed by atoms with E-state index in [-0.39, 0.29) is 5.91 Å². The summed E-state index contributed by atoms with van der Waals surface area (Å²) in [5.41, 5.74) is 1.68. The molecule has 0 N–H and O–H groups in total. The summed E-state index contributed by atoms with van der Waals surface area (Å²) in [6.07, 6.45) is 2.32. The SMILES string of the molecule is CCN(Cc1cccs1)C(=O)c1cc2ccccc2nc1N1CCCC1. The van der Waals surface area contributed by atoms with Crippen LogP contribution in [0.25, 0.3) is 10.9 Å². The molecule has 3 heterocycles. The summed E-state index contributed by atoms with van der Waals surface area (Å²) in [7, 11) is 0. The first-order valence-corrected chi connectivity index (χ1v) is 10.1. The van der Waals surface area contributed by atoms with Crippen LogP contribution in [-0.2, 0) is 6.54 Å². The van der Waals surface area contributed by atoms with E-state index in [9.17, 15) is 4.79 Å². The molecule has 134 valence electrons. The van der Waals surface area contributed by atoms with Crippen molar-refractivity contribution in [3.8, 4) is 0 Å². The molecule has 1 aliphatic heterocycles. The Morgan fingerprint density at radius 2 is 2.00 bits per heavy atom. The van der Waals surface area contributed by atoms with Crippen molar-refractivity contribution in [1.29, 1.82) is 0 Å². The standard InChI is InChI=1S/C21H23N3OS/c1-2-23(15-17-9-7-13-26-17)21(25)18-14-16-8-3-4-10-19(16)22-20(18)24-11-5-6-12-24/h3-4,7-10,13-14H,2,5-6,11-12,15H2,1H3. The molecule has 1 aromatic carbocycles. The zero-order valence-corrected chi connectivity index (χ0v) is 15.8. The molecule has 0 radical (unpaired) electrons. The molecule has 4 nitrogen and oxygen atoms in total. The Morgan fingerprint density at radius 3 is 2.73 bits per heavy atom. The molecule has 3 aromatic rings. The summed E-state index contributed by atoms with van der Waals surface area (Å²) >= 11 is 1.69. The molecular weight excluding hydrogens is 342 g/mol. The van der Waals surface area contributed by atoms with E-state index in [0.29, 0.717) is 13.1 Å². The summed E-state index contributed by atoms with van der Waals surface area (Å²) in [5.74, 6) is 0.914. The van der Waals surface area contributed by atoms with E-state index in [1.165, 1.54) is 4.88 Å². The number of carbonyl (C=O) groups excluding carboxylic acids is 1. The minimum absolute atomic E-state index is 0.0704. The maximum atomic E-state index is 13.4. The highest BCUT2D eigenvalue weighted by Crippen LogP contribution is 2.28. The normalized spacial score (nSPS) is 14.1. The molecule has 0 unspecified atom stereocenters. The lowest BCUT2D eigenvalue weighted by atomic mass is 10.1. The second kappa shape index (κ2) is 7.46. The molecule has 1 fully saturated rings. The summed E-state index contributed by atoms with van der Waals surface area (Å²) in [4.78, 5) is 23.6. The van der Waals surface area contributed by atoms with Crippen LogP contribution < -0.4 is 4.90 Å². The van der Waals surface area contributed by atoms with Crippen LogP contribution in [0.5, 0.6) is 0 Å². The van der Waals surface area contributed by atoms with Crippen LogP contribution in [0.2, 0.25) is 0 Å². The maximum absolute atomic E-state index is 13.4. The molecule has 4 rings (SSSR count). The Morgan fingerprint density at radius 1 is 1.19 bits per heavy atom. The number of carbonyl (C=O) groups is 1. The number of fused-ring (bicyclic) bond motifs is 1. The van der Waals surface area contributed by atoms with Crippen molar-refractivity contribution in [2.45, 2.75) is 26.3 Å². The monoisotopic (exact) mass is 365 g/mol. The number of anilines is 1. The first kappa shape index (κ1) is 17.0. The Kier molecular flexibility index (Phi) is 4.89. The van der Waals surface area contributed by atoms with Gasteiger partial charge in [0.2, 0.25) is 0 Å². The largest absolute Gasteiger partial charge is 0.356 e. The topological polar surface area (TPSA) is 36.4 Å². The van der Waals surface area contributed by atoms with Crippen molar-refractivity contribution in [2.24, 2.45) is 0 Å². The number of aromatic nitrogens is 1. The third-order valence-electron chi connectivity index (χ3n) is 4.94. The van der Waals surface area contributed by atoms with E-state index < -0.39 is 0 Å². The molecule has 0 aliphatic carbocycles. The number of pyridine rings is 1. The second-order valence-corrected chi connectivity index (χ2v) is 7.68. The fraction of sp³-hybridized carbons (Fsp3) is 0.333. The number of amides is 1. The summed E-state index contributed by atoms with van der Waals surface area (Å²) < 4.78 is 0. The lowest BCUT2D eigenvalue weighted by Gasteiger charge is -2.25. The van der Waals surface area contributed by atoms with Crippen LogP contribution in [0, 0.1) is 0 Å². The van der Waals surface area contributed by atoms with Crippen molar-refractivity contribution in [3.05, 3.63) is 58.3 Å². The van der Waals surface area contributed by atoms with Crippen LogP contribution in [0.4, 0.5) is 5.82 Å². The van der Waals surface area contributed by atoms with E-state index in [4.69, 9.17) is 4.98 Å². The lowest BCUT2D eigenvalue weighted by Crippen LogP contribution is -2.32. The van der Waals surface area contributed by atoms with Crippen LogP contribution >= 0.6 is 11.3 Å². The van der Waals surface area contributed by atoms with Gasteiger partial charge in [-0.2, -0.15) is 0 Å². The van der Waals surface area contributed by atoms with Crippen LogP contribution in [0.3, 0.4) is 0 Å². The average molecular weight is 366 g/mol. The third-order valence-corrected chi connectivity index (χ3v) is 5.80. The number of hydrogen-bond donors (Lipinski definition) is 0. The second-order valence-electron chi connectivity index (χ2n) is 6.65. The van der Waals surface area contributed by atoms with E-state index in [1.807, 2.05) is 48.2 Å². The van der Waals surface area contributed by atoms with Gasteiger partial charge in [-0.15, -0.1) is 11.3 Å². The average Bonchev–Trinajstić information content (AvgIpc) is 3.38. The number of rotatable bonds is 5. The van der Waals surface area contributed by atoms with Gasteiger partial charge in [0.25, 0.3) is 5.91 Å². The highest BCUT2D eigenvalue weighted by Gasteiger charge is 2.25. The molecule has 0 atom stereocenters. The minimum Gasteiger partial charge on any atom is -0.356 e. The van der Waals surface area contributed by atoms with Crippen molar-refractivity contribution >= 4 is 34.0 Å². The van der Waals surface area contributed by atoms with Gasteiger partial charge in [0.15, 0.2) is 0 Å². The molecular formula is C21H23N3OS. The van der Waals surface area contributed by atoms with E-state index in [1.54, 1.807) is 11.3 Å². The summed E-state index contributed by atoms with van der Waals surface area (Å²) in [6.45, 7) is 5.32.